The van der Waals surface area contributed by atoms with Gasteiger partial charge in [0.2, 0.25) is 5.91 Å². The van der Waals surface area contributed by atoms with Gasteiger partial charge in [-0.05, 0) is 24.2 Å². The normalized spacial score (nSPS) is 27.5. The molecular weight excluding hydrogens is 224 g/mol. The maximum Gasteiger partial charge on any atom is 0.239 e. The summed E-state index contributed by atoms with van der Waals surface area (Å²) < 4.78 is 0. The first-order chi connectivity index (χ1) is 6.93. The van der Waals surface area contributed by atoms with E-state index in [2.05, 4.69) is 13.8 Å². The van der Waals surface area contributed by atoms with Crippen molar-refractivity contribution < 1.29 is 4.79 Å². The second kappa shape index (κ2) is 6.45. The van der Waals surface area contributed by atoms with Crippen molar-refractivity contribution in [2.45, 2.75) is 40.2 Å². The van der Waals surface area contributed by atoms with E-state index in [-0.39, 0.29) is 30.3 Å². The fourth-order valence-corrected chi connectivity index (χ4v) is 1.96. The van der Waals surface area contributed by atoms with E-state index in [1.54, 1.807) is 0 Å². The molecule has 1 heterocycles. The molecule has 0 aromatic carbocycles. The highest BCUT2D eigenvalue weighted by atomic mass is 35.5. The van der Waals surface area contributed by atoms with Crippen LogP contribution in [-0.2, 0) is 4.79 Å². The Bertz CT molecular complexity index is 233. The van der Waals surface area contributed by atoms with E-state index in [4.69, 9.17) is 5.73 Å². The van der Waals surface area contributed by atoms with Gasteiger partial charge in [-0.25, -0.2) is 0 Å². The summed E-state index contributed by atoms with van der Waals surface area (Å²) in [7, 11) is 0. The lowest BCUT2D eigenvalue weighted by atomic mass is 9.88. The first kappa shape index (κ1) is 15.7. The van der Waals surface area contributed by atoms with E-state index in [0.717, 1.165) is 25.4 Å². The molecule has 2 N–H and O–H groups in total. The largest absolute Gasteiger partial charge is 0.341 e. The van der Waals surface area contributed by atoms with Crippen molar-refractivity contribution in [2.24, 2.45) is 23.5 Å². The fraction of sp³-hybridized carbons (Fsp3) is 0.917. The molecule has 96 valence electrons. The van der Waals surface area contributed by atoms with Crippen LogP contribution in [0.4, 0.5) is 0 Å². The highest BCUT2D eigenvalue weighted by molar-refractivity contribution is 5.85. The summed E-state index contributed by atoms with van der Waals surface area (Å²) in [5, 5.41) is 0. The van der Waals surface area contributed by atoms with Crippen LogP contribution in [0.3, 0.4) is 0 Å². The minimum absolute atomic E-state index is 0. The van der Waals surface area contributed by atoms with Crippen molar-refractivity contribution in [3.63, 3.8) is 0 Å². The van der Waals surface area contributed by atoms with Crippen LogP contribution in [0.15, 0.2) is 0 Å². The lowest BCUT2D eigenvalue weighted by molar-refractivity contribution is -0.135. The Morgan fingerprint density at radius 2 is 1.88 bits per heavy atom. The molecule has 3 atom stereocenters. The third-order valence-corrected chi connectivity index (χ3v) is 3.65. The van der Waals surface area contributed by atoms with E-state index < -0.39 is 0 Å². The minimum atomic E-state index is -0.328. The maximum atomic E-state index is 12.0. The SMILES string of the molecule is CC(C)C(N)C(=O)N1CCC(C)C(C)C1.Cl. The Morgan fingerprint density at radius 3 is 2.31 bits per heavy atom. The van der Waals surface area contributed by atoms with Gasteiger partial charge in [0.1, 0.15) is 0 Å². The lowest BCUT2D eigenvalue weighted by Crippen LogP contribution is -2.50. The van der Waals surface area contributed by atoms with Crippen molar-refractivity contribution in [1.82, 2.24) is 4.90 Å². The molecule has 1 aliphatic rings. The van der Waals surface area contributed by atoms with E-state index >= 15 is 0 Å². The van der Waals surface area contributed by atoms with Gasteiger partial charge in [-0.3, -0.25) is 4.79 Å². The molecule has 0 aromatic heterocycles. The van der Waals surface area contributed by atoms with Crippen LogP contribution in [0.2, 0.25) is 0 Å². The number of hydrogen-bond donors (Lipinski definition) is 1. The number of halogens is 1. The standard InChI is InChI=1S/C12H24N2O.ClH/c1-8(2)11(13)12(15)14-6-5-9(3)10(4)7-14;/h8-11H,5-7,13H2,1-4H3;1H. The zero-order valence-electron chi connectivity index (χ0n) is 10.8. The highest BCUT2D eigenvalue weighted by Crippen LogP contribution is 2.23. The second-order valence-electron chi connectivity index (χ2n) is 5.30. The minimum Gasteiger partial charge on any atom is -0.341 e. The second-order valence-corrected chi connectivity index (χ2v) is 5.30. The molecule has 3 nitrogen and oxygen atoms in total. The summed E-state index contributed by atoms with van der Waals surface area (Å²) in [5.74, 6) is 1.68. The number of piperidine rings is 1. The molecule has 0 radical (unpaired) electrons. The van der Waals surface area contributed by atoms with Crippen LogP contribution in [0, 0.1) is 17.8 Å². The van der Waals surface area contributed by atoms with Crippen LogP contribution in [-0.4, -0.2) is 29.9 Å². The van der Waals surface area contributed by atoms with Gasteiger partial charge in [0.25, 0.3) is 0 Å². The van der Waals surface area contributed by atoms with Crippen molar-refractivity contribution in [2.75, 3.05) is 13.1 Å². The molecular formula is C12H25ClN2O. The third-order valence-electron chi connectivity index (χ3n) is 3.65. The average molecular weight is 249 g/mol. The van der Waals surface area contributed by atoms with Gasteiger partial charge in [0.15, 0.2) is 0 Å². The van der Waals surface area contributed by atoms with E-state index in [9.17, 15) is 4.79 Å². The van der Waals surface area contributed by atoms with Gasteiger partial charge in [-0.15, -0.1) is 12.4 Å². The van der Waals surface area contributed by atoms with Gasteiger partial charge in [0.05, 0.1) is 6.04 Å². The van der Waals surface area contributed by atoms with E-state index in [1.165, 1.54) is 0 Å². The van der Waals surface area contributed by atoms with Crippen molar-refractivity contribution >= 4 is 18.3 Å². The Hall–Kier alpha value is -0.280. The van der Waals surface area contributed by atoms with Gasteiger partial charge >= 0.3 is 0 Å². The zero-order valence-corrected chi connectivity index (χ0v) is 11.6. The zero-order chi connectivity index (χ0) is 11.6. The van der Waals surface area contributed by atoms with Crippen LogP contribution < -0.4 is 5.73 Å². The third kappa shape index (κ3) is 3.63. The van der Waals surface area contributed by atoms with Crippen molar-refractivity contribution in [1.29, 1.82) is 0 Å². The number of hydrogen-bond acceptors (Lipinski definition) is 2. The number of nitrogens with two attached hydrogens (primary N) is 1. The molecule has 1 amide bonds. The van der Waals surface area contributed by atoms with Gasteiger partial charge in [-0.1, -0.05) is 27.7 Å². The van der Waals surface area contributed by atoms with E-state index in [1.807, 2.05) is 18.7 Å². The molecule has 3 unspecified atom stereocenters. The Kier molecular flexibility index (Phi) is 6.34. The smallest absolute Gasteiger partial charge is 0.239 e. The average Bonchev–Trinajstić information content (AvgIpc) is 2.19. The molecule has 0 saturated carbocycles. The first-order valence-corrected chi connectivity index (χ1v) is 5.97. The summed E-state index contributed by atoms with van der Waals surface area (Å²) in [6, 6.07) is -0.328. The summed E-state index contributed by atoms with van der Waals surface area (Å²) in [4.78, 5) is 13.9. The molecule has 1 rings (SSSR count). The van der Waals surface area contributed by atoms with Gasteiger partial charge < -0.3 is 10.6 Å². The van der Waals surface area contributed by atoms with Crippen LogP contribution in [0.1, 0.15) is 34.1 Å². The predicted molar refractivity (Wildman–Crippen MR) is 69.6 cm³/mol. The summed E-state index contributed by atoms with van der Waals surface area (Å²) in [5.41, 5.74) is 5.88. The first-order valence-electron chi connectivity index (χ1n) is 5.97. The molecule has 0 aromatic rings. The maximum absolute atomic E-state index is 12.0. The summed E-state index contributed by atoms with van der Waals surface area (Å²) in [6.07, 6.45) is 1.11. The number of carbonyl (C=O) groups excluding carboxylic acids is 1. The molecule has 0 aliphatic carbocycles. The number of carbonyl (C=O) groups is 1. The van der Waals surface area contributed by atoms with Crippen molar-refractivity contribution in [3.8, 4) is 0 Å². The monoisotopic (exact) mass is 248 g/mol. The van der Waals surface area contributed by atoms with E-state index in [0.29, 0.717) is 5.92 Å². The quantitative estimate of drug-likeness (QED) is 0.811. The Morgan fingerprint density at radius 1 is 1.31 bits per heavy atom. The fourth-order valence-electron chi connectivity index (χ4n) is 1.96. The number of rotatable bonds is 2. The highest BCUT2D eigenvalue weighted by Gasteiger charge is 2.29. The van der Waals surface area contributed by atoms with Gasteiger partial charge in [-0.2, -0.15) is 0 Å². The molecule has 16 heavy (non-hydrogen) atoms. The molecule has 0 bridgehead atoms. The molecule has 1 fully saturated rings. The van der Waals surface area contributed by atoms with Crippen LogP contribution in [0.25, 0.3) is 0 Å². The number of amides is 1. The molecule has 1 saturated heterocycles. The molecule has 1 aliphatic heterocycles. The number of likely N-dealkylation sites (tertiary alicyclic amines) is 1. The van der Waals surface area contributed by atoms with Crippen molar-refractivity contribution in [3.05, 3.63) is 0 Å². The van der Waals surface area contributed by atoms with Crippen LogP contribution >= 0.6 is 12.4 Å². The molecule has 4 heteroatoms. The number of nitrogens with zero attached hydrogens (tertiary/aromatic N) is 1. The Balaban J connectivity index is 0.00000225. The van der Waals surface area contributed by atoms with Crippen LogP contribution in [0.5, 0.6) is 0 Å². The topological polar surface area (TPSA) is 46.3 Å². The predicted octanol–water partition coefficient (Wildman–Crippen LogP) is 1.90. The van der Waals surface area contributed by atoms with Gasteiger partial charge in [0, 0.05) is 13.1 Å². The molecule has 0 spiro atoms. The lowest BCUT2D eigenvalue weighted by Gasteiger charge is -2.37. The summed E-state index contributed by atoms with van der Waals surface area (Å²) in [6.45, 7) is 10.2. The summed E-state index contributed by atoms with van der Waals surface area (Å²) >= 11 is 0. The Labute approximate surface area is 105 Å².